The summed E-state index contributed by atoms with van der Waals surface area (Å²) in [5.41, 5.74) is 2.35. The number of hydrogen-bond donors (Lipinski definition) is 0. The molecule has 0 unspecified atom stereocenters. The third kappa shape index (κ3) is 3.75. The van der Waals surface area contributed by atoms with Crippen LogP contribution in [0.5, 0.6) is 0 Å². The first-order valence-electron chi connectivity index (χ1n) is 11.7. The first-order valence-corrected chi connectivity index (χ1v) is 13.5. The number of amides is 1. The fourth-order valence-corrected chi connectivity index (χ4v) is 7.19. The minimum atomic E-state index is 0.223. The van der Waals surface area contributed by atoms with Crippen molar-refractivity contribution in [2.24, 2.45) is 0 Å². The summed E-state index contributed by atoms with van der Waals surface area (Å²) in [7, 11) is 0. The van der Waals surface area contributed by atoms with Crippen molar-refractivity contribution in [2.45, 2.75) is 89.3 Å². The van der Waals surface area contributed by atoms with E-state index >= 15 is 0 Å². The summed E-state index contributed by atoms with van der Waals surface area (Å²) in [6, 6.07) is 0.391. The van der Waals surface area contributed by atoms with Crippen LogP contribution < -0.4 is 0 Å². The molecule has 0 radical (unpaired) electrons. The van der Waals surface area contributed by atoms with E-state index in [9.17, 15) is 4.79 Å². The van der Waals surface area contributed by atoms with Gasteiger partial charge in [-0.3, -0.25) is 9.20 Å². The lowest BCUT2D eigenvalue weighted by Crippen LogP contribution is -2.44. The zero-order valence-electron chi connectivity index (χ0n) is 18.7. The average molecular weight is 458 g/mol. The van der Waals surface area contributed by atoms with Crippen molar-refractivity contribution in [1.82, 2.24) is 24.5 Å². The Bertz CT molecular complexity index is 1120. The maximum Gasteiger partial charge on any atom is 0.233 e. The van der Waals surface area contributed by atoms with E-state index in [0.29, 0.717) is 11.8 Å². The van der Waals surface area contributed by atoms with Crippen LogP contribution in [0.4, 0.5) is 0 Å². The third-order valence-corrected chi connectivity index (χ3v) is 8.81. The fourth-order valence-electron chi connectivity index (χ4n) is 5.10. The smallest absolute Gasteiger partial charge is 0.233 e. The topological polar surface area (TPSA) is 63.4 Å². The Kier molecular flexibility index (Phi) is 5.94. The number of nitrogens with zero attached hydrogens (tertiary/aromatic N) is 5. The molecular formula is C23H31N5OS2. The van der Waals surface area contributed by atoms with Gasteiger partial charge in [0.05, 0.1) is 11.1 Å². The van der Waals surface area contributed by atoms with Crippen molar-refractivity contribution < 1.29 is 4.79 Å². The minimum Gasteiger partial charge on any atom is -0.339 e. The van der Waals surface area contributed by atoms with Crippen LogP contribution in [-0.4, -0.2) is 48.7 Å². The van der Waals surface area contributed by atoms with Crippen molar-refractivity contribution in [3.8, 4) is 0 Å². The summed E-state index contributed by atoms with van der Waals surface area (Å²) in [5, 5.41) is 11.2. The van der Waals surface area contributed by atoms with Gasteiger partial charge in [0.2, 0.25) is 5.91 Å². The lowest BCUT2D eigenvalue weighted by molar-refractivity contribution is -0.132. The zero-order chi connectivity index (χ0) is 21.5. The van der Waals surface area contributed by atoms with Crippen molar-refractivity contribution in [2.75, 3.05) is 12.3 Å². The monoisotopic (exact) mass is 457 g/mol. The quantitative estimate of drug-likeness (QED) is 0.491. The molecule has 5 rings (SSSR count). The van der Waals surface area contributed by atoms with E-state index in [2.05, 4.69) is 40.3 Å². The van der Waals surface area contributed by atoms with Gasteiger partial charge in [-0.25, -0.2) is 4.98 Å². The molecule has 6 nitrogen and oxygen atoms in total. The summed E-state index contributed by atoms with van der Waals surface area (Å²) in [6.07, 6.45) is 9.26. The van der Waals surface area contributed by atoms with Gasteiger partial charge in [0.1, 0.15) is 10.7 Å². The number of carbonyl (C=O) groups is 1. The second kappa shape index (κ2) is 8.70. The summed E-state index contributed by atoms with van der Waals surface area (Å²) in [6.45, 7) is 7.41. The highest BCUT2D eigenvalue weighted by molar-refractivity contribution is 7.99. The predicted molar refractivity (Wildman–Crippen MR) is 127 cm³/mol. The molecule has 1 amide bonds. The predicted octanol–water partition coefficient (Wildman–Crippen LogP) is 5.22. The Morgan fingerprint density at radius 3 is 2.84 bits per heavy atom. The lowest BCUT2D eigenvalue weighted by atomic mass is 9.97. The largest absolute Gasteiger partial charge is 0.339 e. The zero-order valence-corrected chi connectivity index (χ0v) is 20.3. The first kappa shape index (κ1) is 21.2. The lowest BCUT2D eigenvalue weighted by Gasteiger charge is -2.35. The van der Waals surface area contributed by atoms with Gasteiger partial charge >= 0.3 is 0 Å². The standard InChI is InChI=1S/C23H31N5OS2/c1-4-15-9-7-8-12-27(15)18(29)13-30-23-26-25-21-19-16-10-5-6-11-17(16)31-22(19)24-20(14(2)3)28(21)23/h14-15H,4-13H2,1-3H3/t15-/m0/s1. The Hall–Kier alpha value is -1.67. The number of carbonyl (C=O) groups excluding carboxylic acids is 1. The molecule has 4 heterocycles. The molecule has 1 saturated heterocycles. The highest BCUT2D eigenvalue weighted by atomic mass is 32.2. The Balaban J connectivity index is 1.50. The van der Waals surface area contributed by atoms with Crippen molar-refractivity contribution >= 4 is 44.9 Å². The molecule has 8 heteroatoms. The van der Waals surface area contributed by atoms with Crippen molar-refractivity contribution in [3.63, 3.8) is 0 Å². The molecule has 1 fully saturated rings. The van der Waals surface area contributed by atoms with Crippen LogP contribution in [0.1, 0.15) is 81.5 Å². The number of likely N-dealkylation sites (tertiary alicyclic amines) is 1. The molecule has 166 valence electrons. The maximum absolute atomic E-state index is 13.0. The van der Waals surface area contributed by atoms with Crippen LogP contribution in [0.15, 0.2) is 5.16 Å². The second-order valence-electron chi connectivity index (χ2n) is 9.09. The number of thiophene rings is 1. The molecule has 0 N–H and O–H groups in total. The third-order valence-electron chi connectivity index (χ3n) is 6.71. The molecule has 1 aliphatic heterocycles. The van der Waals surface area contributed by atoms with E-state index in [0.717, 1.165) is 60.1 Å². The molecule has 3 aromatic heterocycles. The number of aryl methyl sites for hydroxylation is 2. The number of thioether (sulfide) groups is 1. The normalized spacial score (nSPS) is 19.5. The molecule has 0 aromatic carbocycles. The molecule has 0 spiro atoms. The van der Waals surface area contributed by atoms with Crippen LogP contribution >= 0.6 is 23.1 Å². The molecular weight excluding hydrogens is 426 g/mol. The first-order chi connectivity index (χ1) is 15.1. The van der Waals surface area contributed by atoms with Crippen LogP contribution in [-0.2, 0) is 17.6 Å². The van der Waals surface area contributed by atoms with Crippen molar-refractivity contribution in [3.05, 3.63) is 16.3 Å². The Labute approximate surface area is 191 Å². The fraction of sp³-hybridized carbons (Fsp3) is 0.652. The number of aromatic nitrogens is 4. The number of piperidine rings is 1. The molecule has 2 aliphatic rings. The SMILES string of the molecule is CC[C@H]1CCCCN1C(=O)CSc1nnc2c3c4c(sc3nc(C(C)C)n12)CCCC4. The number of rotatable bonds is 5. The van der Waals surface area contributed by atoms with Crippen LogP contribution in [0.3, 0.4) is 0 Å². The van der Waals surface area contributed by atoms with Gasteiger partial charge in [-0.05, 0) is 56.9 Å². The van der Waals surface area contributed by atoms with E-state index in [1.165, 1.54) is 46.9 Å². The van der Waals surface area contributed by atoms with Gasteiger partial charge in [0, 0.05) is 23.4 Å². The number of hydrogen-bond acceptors (Lipinski definition) is 6. The van der Waals surface area contributed by atoms with Gasteiger partial charge in [0.15, 0.2) is 10.8 Å². The van der Waals surface area contributed by atoms with E-state index in [-0.39, 0.29) is 11.8 Å². The van der Waals surface area contributed by atoms with Gasteiger partial charge < -0.3 is 4.90 Å². The van der Waals surface area contributed by atoms with E-state index < -0.39 is 0 Å². The molecule has 0 bridgehead atoms. The van der Waals surface area contributed by atoms with E-state index in [4.69, 9.17) is 4.98 Å². The second-order valence-corrected chi connectivity index (χ2v) is 11.1. The molecule has 31 heavy (non-hydrogen) atoms. The Morgan fingerprint density at radius 1 is 1.19 bits per heavy atom. The van der Waals surface area contributed by atoms with Crippen LogP contribution in [0.25, 0.3) is 15.9 Å². The van der Waals surface area contributed by atoms with Gasteiger partial charge in [-0.2, -0.15) is 0 Å². The number of fused-ring (bicyclic) bond motifs is 5. The molecule has 3 aromatic rings. The van der Waals surface area contributed by atoms with Gasteiger partial charge in [0.25, 0.3) is 0 Å². The Morgan fingerprint density at radius 2 is 2.03 bits per heavy atom. The van der Waals surface area contributed by atoms with Gasteiger partial charge in [-0.15, -0.1) is 21.5 Å². The summed E-state index contributed by atoms with van der Waals surface area (Å²) in [5.74, 6) is 1.88. The average Bonchev–Trinajstić information content (AvgIpc) is 3.37. The van der Waals surface area contributed by atoms with Crippen LogP contribution in [0, 0.1) is 0 Å². The van der Waals surface area contributed by atoms with Crippen molar-refractivity contribution in [1.29, 1.82) is 0 Å². The van der Waals surface area contributed by atoms with E-state index in [1.54, 1.807) is 0 Å². The molecule has 0 saturated carbocycles. The summed E-state index contributed by atoms with van der Waals surface area (Å²) in [4.78, 5) is 22.8. The summed E-state index contributed by atoms with van der Waals surface area (Å²) < 4.78 is 2.13. The molecule has 1 aliphatic carbocycles. The maximum atomic E-state index is 13.0. The summed E-state index contributed by atoms with van der Waals surface area (Å²) >= 11 is 3.35. The van der Waals surface area contributed by atoms with E-state index in [1.807, 2.05) is 11.3 Å². The highest BCUT2D eigenvalue weighted by Gasteiger charge is 2.27. The minimum absolute atomic E-state index is 0.223. The van der Waals surface area contributed by atoms with Crippen LogP contribution in [0.2, 0.25) is 0 Å². The highest BCUT2D eigenvalue weighted by Crippen LogP contribution is 2.39. The molecule has 1 atom stereocenters. The van der Waals surface area contributed by atoms with Gasteiger partial charge in [-0.1, -0.05) is 32.5 Å².